The van der Waals surface area contributed by atoms with Crippen molar-refractivity contribution in [3.05, 3.63) is 27.7 Å². The highest BCUT2D eigenvalue weighted by Crippen LogP contribution is 2.30. The maximum absolute atomic E-state index is 12.2. The summed E-state index contributed by atoms with van der Waals surface area (Å²) in [6, 6.07) is 2.86. The molecule has 0 aromatic heterocycles. The fourth-order valence-electron chi connectivity index (χ4n) is 1.51. The Balaban J connectivity index is 3.04. The van der Waals surface area contributed by atoms with Gasteiger partial charge < -0.3 is 9.47 Å². The Bertz CT molecular complexity index is 453. The third kappa shape index (κ3) is 5.06. The molecule has 3 nitrogen and oxygen atoms in total. The van der Waals surface area contributed by atoms with Crippen LogP contribution in [0.4, 0.5) is 8.78 Å². The smallest absolute Gasteiger partial charge is 0.387 e. The van der Waals surface area contributed by atoms with E-state index in [0.717, 1.165) is 5.56 Å². The molecule has 0 atom stereocenters. The molecule has 0 heterocycles. The predicted octanol–water partition coefficient (Wildman–Crippen LogP) is 4.05. The lowest BCUT2D eigenvalue weighted by Crippen LogP contribution is -2.10. The van der Waals surface area contributed by atoms with Gasteiger partial charge in [-0.3, -0.25) is 4.79 Å². The molecule has 0 aliphatic rings. The lowest BCUT2D eigenvalue weighted by Gasteiger charge is -2.12. The van der Waals surface area contributed by atoms with Gasteiger partial charge in [-0.15, -0.1) is 0 Å². The molecule has 0 radical (unpaired) electrons. The zero-order valence-corrected chi connectivity index (χ0v) is 13.3. The molecule has 0 aliphatic carbocycles. The van der Waals surface area contributed by atoms with Crippen LogP contribution in [0.15, 0.2) is 16.6 Å². The summed E-state index contributed by atoms with van der Waals surface area (Å²) in [4.78, 5) is 11.5. The van der Waals surface area contributed by atoms with Gasteiger partial charge in [0.15, 0.2) is 0 Å². The molecule has 19 heavy (non-hydrogen) atoms. The molecule has 0 spiro atoms. The van der Waals surface area contributed by atoms with E-state index >= 15 is 0 Å². The van der Waals surface area contributed by atoms with Crippen LogP contribution in [0.3, 0.4) is 0 Å². The second kappa shape index (κ2) is 7.79. The van der Waals surface area contributed by atoms with Crippen molar-refractivity contribution < 1.29 is 23.0 Å². The maximum Gasteiger partial charge on any atom is 0.387 e. The largest absolute Gasteiger partial charge is 0.466 e. The van der Waals surface area contributed by atoms with E-state index in [1.807, 2.05) is 0 Å². The molecule has 1 rings (SSSR count). The number of hydrogen-bond acceptors (Lipinski definition) is 3. The normalized spacial score (nSPS) is 10.6. The van der Waals surface area contributed by atoms with Crippen LogP contribution in [0.2, 0.25) is 0 Å². The molecule has 0 N–H and O–H groups in total. The molecule has 0 saturated carbocycles. The van der Waals surface area contributed by atoms with E-state index in [1.54, 1.807) is 6.92 Å². The van der Waals surface area contributed by atoms with Crippen molar-refractivity contribution in [2.24, 2.45) is 0 Å². The van der Waals surface area contributed by atoms with Crippen molar-refractivity contribution in [3.8, 4) is 5.75 Å². The number of esters is 1. The number of carbonyl (C=O) groups excluding carboxylic acids is 1. The molecule has 0 unspecified atom stereocenters. The van der Waals surface area contributed by atoms with E-state index in [-0.39, 0.29) is 18.8 Å². The van der Waals surface area contributed by atoms with Gasteiger partial charge in [-0.1, -0.05) is 31.9 Å². The van der Waals surface area contributed by atoms with Gasteiger partial charge in [-0.05, 0) is 30.2 Å². The van der Waals surface area contributed by atoms with Gasteiger partial charge in [-0.25, -0.2) is 0 Å². The fraction of sp³-hybridized carbons (Fsp3) is 0.417. The second-order valence-electron chi connectivity index (χ2n) is 3.54. The Morgan fingerprint density at radius 1 is 1.42 bits per heavy atom. The molecule has 106 valence electrons. The first-order valence-electron chi connectivity index (χ1n) is 5.45. The molecule has 0 bridgehead atoms. The minimum absolute atomic E-state index is 0.00544. The number of alkyl halides is 3. The highest BCUT2D eigenvalue weighted by molar-refractivity contribution is 9.10. The number of benzene rings is 1. The summed E-state index contributed by atoms with van der Waals surface area (Å²) in [5.41, 5.74) is 1.38. The fourth-order valence-corrected chi connectivity index (χ4v) is 3.17. The van der Waals surface area contributed by atoms with E-state index < -0.39 is 12.6 Å². The van der Waals surface area contributed by atoms with Crippen molar-refractivity contribution in [3.63, 3.8) is 0 Å². The van der Waals surface area contributed by atoms with Gasteiger partial charge in [0.05, 0.1) is 13.0 Å². The second-order valence-corrected chi connectivity index (χ2v) is 4.95. The quantitative estimate of drug-likeness (QED) is 0.532. The van der Waals surface area contributed by atoms with Gasteiger partial charge in [-0.2, -0.15) is 8.78 Å². The summed E-state index contributed by atoms with van der Waals surface area (Å²) in [5, 5.41) is 0.483. The number of halogens is 4. The molecular formula is C12H12Br2F2O3. The highest BCUT2D eigenvalue weighted by atomic mass is 79.9. The average molecular weight is 402 g/mol. The van der Waals surface area contributed by atoms with Crippen LogP contribution in [0, 0.1) is 0 Å². The van der Waals surface area contributed by atoms with Gasteiger partial charge in [0, 0.05) is 9.80 Å². The van der Waals surface area contributed by atoms with E-state index in [4.69, 9.17) is 4.74 Å². The zero-order valence-electron chi connectivity index (χ0n) is 10.1. The van der Waals surface area contributed by atoms with Crippen LogP contribution >= 0.6 is 31.9 Å². The summed E-state index contributed by atoms with van der Waals surface area (Å²) in [6.45, 7) is -0.927. The van der Waals surface area contributed by atoms with Crippen LogP contribution in [-0.4, -0.2) is 19.2 Å². The van der Waals surface area contributed by atoms with Crippen LogP contribution in [0.25, 0.3) is 0 Å². The van der Waals surface area contributed by atoms with Crippen molar-refractivity contribution in [1.82, 2.24) is 0 Å². The van der Waals surface area contributed by atoms with E-state index in [0.29, 0.717) is 15.4 Å². The van der Waals surface area contributed by atoms with Gasteiger partial charge in [0.1, 0.15) is 5.75 Å². The number of hydrogen-bond donors (Lipinski definition) is 0. The van der Waals surface area contributed by atoms with Crippen LogP contribution in [0.1, 0.15) is 18.1 Å². The van der Waals surface area contributed by atoms with Crippen LogP contribution in [0.5, 0.6) is 5.75 Å². The first kappa shape index (κ1) is 16.4. The Morgan fingerprint density at radius 3 is 2.63 bits per heavy atom. The van der Waals surface area contributed by atoms with E-state index in [2.05, 4.69) is 36.6 Å². The van der Waals surface area contributed by atoms with Crippen molar-refractivity contribution in [2.75, 3.05) is 6.61 Å². The summed E-state index contributed by atoms with van der Waals surface area (Å²) >= 11 is 6.56. The average Bonchev–Trinajstić information content (AvgIpc) is 2.27. The molecular weight excluding hydrogens is 390 g/mol. The minimum atomic E-state index is -2.91. The van der Waals surface area contributed by atoms with Gasteiger partial charge >= 0.3 is 12.6 Å². The summed E-state index contributed by atoms with van der Waals surface area (Å²) < 4.78 is 34.2. The monoisotopic (exact) mass is 400 g/mol. The zero-order chi connectivity index (χ0) is 14.4. The molecule has 0 amide bonds. The highest BCUT2D eigenvalue weighted by Gasteiger charge is 2.15. The SMILES string of the molecule is CCOC(=O)Cc1cc(OC(F)F)cc(Br)c1CBr. The molecule has 1 aromatic carbocycles. The third-order valence-corrected chi connectivity index (χ3v) is 3.53. The molecule has 7 heteroatoms. The molecule has 1 aromatic rings. The Morgan fingerprint density at radius 2 is 2.11 bits per heavy atom. The lowest BCUT2D eigenvalue weighted by molar-refractivity contribution is -0.142. The Hall–Kier alpha value is -0.690. The summed E-state index contributed by atoms with van der Waals surface area (Å²) in [7, 11) is 0. The van der Waals surface area contributed by atoms with Crippen molar-refractivity contribution >= 4 is 37.8 Å². The number of rotatable bonds is 6. The van der Waals surface area contributed by atoms with E-state index in [1.165, 1.54) is 12.1 Å². The standard InChI is InChI=1S/C12H12Br2F2O3/c1-2-18-11(17)4-7-3-8(19-12(15)16)5-10(14)9(7)6-13/h3,5,12H,2,4,6H2,1H3. The summed E-state index contributed by atoms with van der Waals surface area (Å²) in [6.07, 6.45) is 0.00775. The first-order valence-corrected chi connectivity index (χ1v) is 7.37. The maximum atomic E-state index is 12.2. The topological polar surface area (TPSA) is 35.5 Å². The van der Waals surface area contributed by atoms with E-state index in [9.17, 15) is 13.6 Å². The molecule has 0 saturated heterocycles. The number of carbonyl (C=O) groups is 1. The van der Waals surface area contributed by atoms with Crippen LogP contribution < -0.4 is 4.74 Å². The van der Waals surface area contributed by atoms with Crippen molar-refractivity contribution in [1.29, 1.82) is 0 Å². The third-order valence-electron chi connectivity index (χ3n) is 2.26. The minimum Gasteiger partial charge on any atom is -0.466 e. The molecule has 0 aliphatic heterocycles. The first-order chi connectivity index (χ1) is 8.97. The Labute approximate surface area is 126 Å². The van der Waals surface area contributed by atoms with Crippen LogP contribution in [-0.2, 0) is 21.3 Å². The Kier molecular flexibility index (Phi) is 6.71. The summed E-state index contributed by atoms with van der Waals surface area (Å²) in [5.74, 6) is -0.406. The van der Waals surface area contributed by atoms with Gasteiger partial charge in [0.2, 0.25) is 0 Å². The predicted molar refractivity (Wildman–Crippen MR) is 73.7 cm³/mol. The number of ether oxygens (including phenoxy) is 2. The lowest BCUT2D eigenvalue weighted by atomic mass is 10.1. The van der Waals surface area contributed by atoms with Gasteiger partial charge in [0.25, 0.3) is 0 Å². The van der Waals surface area contributed by atoms with Crippen molar-refractivity contribution in [2.45, 2.75) is 25.3 Å². The molecule has 0 fully saturated rings.